The lowest BCUT2D eigenvalue weighted by Crippen LogP contribution is -2.27. The Hall–Kier alpha value is -3.56. The summed E-state index contributed by atoms with van der Waals surface area (Å²) in [5, 5.41) is 55.3. The van der Waals surface area contributed by atoms with Gasteiger partial charge in [-0.3, -0.25) is 0 Å². The van der Waals surface area contributed by atoms with Crippen molar-refractivity contribution < 1.29 is 19.7 Å². The van der Waals surface area contributed by atoms with Crippen LogP contribution in [0, 0.1) is 45.3 Å². The lowest BCUT2D eigenvalue weighted by molar-refractivity contribution is 0.124. The molecule has 26 heavy (non-hydrogen) atoms. The number of aliphatic hydroxyl groups excluding tert-OH is 2. The van der Waals surface area contributed by atoms with E-state index in [2.05, 4.69) is 0 Å². The van der Waals surface area contributed by atoms with Crippen LogP contribution in [0.4, 0.5) is 0 Å². The molecule has 0 aromatic heterocycles. The number of ether oxygens (including phenoxy) is 2. The molecule has 0 amide bonds. The fraction of sp³-hybridized carbons (Fsp3) is 0.333. The van der Waals surface area contributed by atoms with E-state index in [9.17, 15) is 31.3 Å². The maximum absolute atomic E-state index is 9.19. The highest BCUT2D eigenvalue weighted by Crippen LogP contribution is 2.13. The zero-order valence-corrected chi connectivity index (χ0v) is 14.2. The SMILES string of the molecule is CC(CO)Oc1cc(=C(C#N)C#N)c(OC(C)CO)cc1=C(C#N)C#N. The Bertz CT molecular complexity index is 846. The van der Waals surface area contributed by atoms with Crippen molar-refractivity contribution in [3.8, 4) is 35.8 Å². The second-order valence-corrected chi connectivity index (χ2v) is 5.26. The number of rotatable bonds is 6. The van der Waals surface area contributed by atoms with E-state index in [1.54, 1.807) is 38.1 Å². The monoisotopic (exact) mass is 352 g/mol. The summed E-state index contributed by atoms with van der Waals surface area (Å²) in [6.07, 6.45) is -1.31. The molecule has 1 aromatic rings. The van der Waals surface area contributed by atoms with Gasteiger partial charge in [-0.1, -0.05) is 0 Å². The second kappa shape index (κ2) is 9.67. The summed E-state index contributed by atoms with van der Waals surface area (Å²) >= 11 is 0. The van der Waals surface area contributed by atoms with Gasteiger partial charge in [0.25, 0.3) is 0 Å². The summed E-state index contributed by atoms with van der Waals surface area (Å²) in [5.41, 5.74) is -0.540. The third-order valence-electron chi connectivity index (χ3n) is 3.24. The zero-order chi connectivity index (χ0) is 19.7. The molecular weight excluding hydrogens is 336 g/mol. The molecule has 1 aromatic carbocycles. The molecule has 0 bridgehead atoms. The molecule has 2 N–H and O–H groups in total. The number of hydrogen-bond donors (Lipinski definition) is 2. The van der Waals surface area contributed by atoms with Crippen molar-refractivity contribution in [3.05, 3.63) is 22.6 Å². The van der Waals surface area contributed by atoms with E-state index in [0.29, 0.717) is 0 Å². The van der Waals surface area contributed by atoms with Crippen molar-refractivity contribution in [1.82, 2.24) is 0 Å². The van der Waals surface area contributed by atoms with Crippen LogP contribution in [-0.2, 0) is 0 Å². The molecule has 1 rings (SSSR count). The molecule has 0 saturated heterocycles. The van der Waals surface area contributed by atoms with Gasteiger partial charge in [-0.15, -0.1) is 0 Å². The number of nitrogens with zero attached hydrogens (tertiary/aromatic N) is 4. The largest absolute Gasteiger partial charge is 0.488 e. The highest BCUT2D eigenvalue weighted by molar-refractivity contribution is 5.77. The number of aliphatic hydroxyl groups is 2. The molecular formula is C18H16N4O4. The summed E-state index contributed by atoms with van der Waals surface area (Å²) in [6, 6.07) is 9.57. The summed E-state index contributed by atoms with van der Waals surface area (Å²) in [7, 11) is 0. The van der Waals surface area contributed by atoms with Crippen molar-refractivity contribution in [2.75, 3.05) is 13.2 Å². The van der Waals surface area contributed by atoms with Gasteiger partial charge in [0, 0.05) is 10.4 Å². The van der Waals surface area contributed by atoms with Gasteiger partial charge < -0.3 is 19.7 Å². The second-order valence-electron chi connectivity index (χ2n) is 5.26. The molecule has 0 aliphatic carbocycles. The first-order valence-corrected chi connectivity index (χ1v) is 7.53. The minimum absolute atomic E-state index is 0.0478. The van der Waals surface area contributed by atoms with Crippen molar-refractivity contribution >= 4 is 11.1 Å². The Labute approximate surface area is 150 Å². The third kappa shape index (κ3) is 4.72. The van der Waals surface area contributed by atoms with Gasteiger partial charge in [0.2, 0.25) is 0 Å². The fourth-order valence-electron chi connectivity index (χ4n) is 1.94. The van der Waals surface area contributed by atoms with Crippen molar-refractivity contribution in [2.24, 2.45) is 0 Å². The molecule has 2 unspecified atom stereocenters. The highest BCUT2D eigenvalue weighted by Gasteiger charge is 2.14. The van der Waals surface area contributed by atoms with Gasteiger partial charge >= 0.3 is 0 Å². The average molecular weight is 352 g/mol. The molecule has 0 saturated carbocycles. The molecule has 8 nitrogen and oxygen atoms in total. The van der Waals surface area contributed by atoms with Gasteiger partial charge in [-0.25, -0.2) is 0 Å². The number of nitriles is 4. The maximum atomic E-state index is 9.19. The van der Waals surface area contributed by atoms with Crippen LogP contribution in [0.5, 0.6) is 11.5 Å². The third-order valence-corrected chi connectivity index (χ3v) is 3.24. The van der Waals surface area contributed by atoms with Crippen LogP contribution in [0.25, 0.3) is 11.1 Å². The van der Waals surface area contributed by atoms with Crippen LogP contribution in [0.2, 0.25) is 0 Å². The molecule has 0 aliphatic heterocycles. The smallest absolute Gasteiger partial charge is 0.140 e. The van der Waals surface area contributed by atoms with Crippen LogP contribution < -0.4 is 19.9 Å². The first-order chi connectivity index (χ1) is 12.4. The predicted octanol–water partition coefficient (Wildman–Crippen LogP) is -0.398. The molecule has 0 heterocycles. The molecule has 0 radical (unpaired) electrons. The number of benzene rings is 1. The lowest BCUT2D eigenvalue weighted by Gasteiger charge is -2.16. The maximum Gasteiger partial charge on any atom is 0.140 e. The molecule has 132 valence electrons. The van der Waals surface area contributed by atoms with E-state index < -0.39 is 12.2 Å². The topological polar surface area (TPSA) is 154 Å². The summed E-state index contributed by atoms with van der Waals surface area (Å²) in [4.78, 5) is 0. The Kier molecular flexibility index (Phi) is 7.62. The Morgan fingerprint density at radius 2 is 1.12 bits per heavy atom. The normalized spacial score (nSPS) is 11.7. The van der Waals surface area contributed by atoms with Crippen LogP contribution in [-0.4, -0.2) is 35.6 Å². The van der Waals surface area contributed by atoms with E-state index in [-0.39, 0.29) is 46.3 Å². The quantitative estimate of drug-likeness (QED) is 0.701. The minimum atomic E-state index is -0.656. The highest BCUT2D eigenvalue weighted by atomic mass is 16.5. The van der Waals surface area contributed by atoms with Crippen LogP contribution in [0.1, 0.15) is 13.8 Å². The van der Waals surface area contributed by atoms with Crippen LogP contribution in [0.15, 0.2) is 12.1 Å². The predicted molar refractivity (Wildman–Crippen MR) is 89.3 cm³/mol. The molecule has 8 heteroatoms. The molecule has 0 fully saturated rings. The summed E-state index contributed by atoms with van der Waals surface area (Å²) in [6.45, 7) is 2.49. The van der Waals surface area contributed by atoms with E-state index in [4.69, 9.17) is 9.47 Å². The Morgan fingerprint density at radius 3 is 1.35 bits per heavy atom. The van der Waals surface area contributed by atoms with Gasteiger partial charge in [0.1, 0.15) is 59.1 Å². The molecule has 0 aliphatic rings. The average Bonchev–Trinajstić information content (AvgIpc) is 2.65. The number of hydrogen-bond acceptors (Lipinski definition) is 8. The van der Waals surface area contributed by atoms with Crippen LogP contribution >= 0.6 is 0 Å². The van der Waals surface area contributed by atoms with Gasteiger partial charge in [0.05, 0.1) is 13.2 Å². The standard InChI is InChI=1S/C18H16N4O4/c1-11(9-23)25-17-3-16(14(7-21)8-22)18(26-12(2)10-24)4-15(17)13(5-19)6-20/h3-4,11-12,23-24H,9-10H2,1-2H3. The van der Waals surface area contributed by atoms with Crippen molar-refractivity contribution in [3.63, 3.8) is 0 Å². The van der Waals surface area contributed by atoms with E-state index in [1.165, 1.54) is 12.1 Å². The van der Waals surface area contributed by atoms with Crippen molar-refractivity contribution in [2.45, 2.75) is 26.1 Å². The lowest BCUT2D eigenvalue weighted by atomic mass is 10.1. The Balaban J connectivity index is 3.98. The first-order valence-electron chi connectivity index (χ1n) is 7.53. The van der Waals surface area contributed by atoms with Crippen LogP contribution in [0.3, 0.4) is 0 Å². The van der Waals surface area contributed by atoms with E-state index >= 15 is 0 Å². The Morgan fingerprint density at radius 1 is 0.808 bits per heavy atom. The van der Waals surface area contributed by atoms with Gasteiger partial charge in [-0.05, 0) is 26.0 Å². The summed E-state index contributed by atoms with van der Waals surface area (Å²) < 4.78 is 11.1. The fourth-order valence-corrected chi connectivity index (χ4v) is 1.94. The molecule has 2 atom stereocenters. The van der Waals surface area contributed by atoms with E-state index in [0.717, 1.165) is 0 Å². The van der Waals surface area contributed by atoms with Gasteiger partial charge in [0.15, 0.2) is 0 Å². The summed E-state index contributed by atoms with van der Waals surface area (Å²) in [5.74, 6) is 0.0957. The van der Waals surface area contributed by atoms with E-state index in [1.807, 2.05) is 0 Å². The minimum Gasteiger partial charge on any atom is -0.488 e. The zero-order valence-electron chi connectivity index (χ0n) is 14.2. The van der Waals surface area contributed by atoms with Crippen molar-refractivity contribution in [1.29, 1.82) is 21.0 Å². The van der Waals surface area contributed by atoms with Gasteiger partial charge in [-0.2, -0.15) is 21.0 Å². The molecule has 0 spiro atoms. The first kappa shape index (κ1) is 20.5.